The third-order valence-corrected chi connectivity index (χ3v) is 4.54. The molecule has 2 aromatic rings. The molecule has 0 saturated carbocycles. The standard InChI is InChI=1S/C17H19NO7S/c1-4-23-16-9-7-13(11-17(16)24-5-2)26(21,22)25-15-8-6-12(3)10-14(15)18(19)20/h6-11H,4-5H2,1-3H3. The number of nitro benzene ring substituents is 1. The van der Waals surface area contributed by atoms with Gasteiger partial charge in [-0.15, -0.1) is 0 Å². The van der Waals surface area contributed by atoms with Gasteiger partial charge in [-0.05, 0) is 44.5 Å². The first-order chi connectivity index (χ1) is 12.3. The largest absolute Gasteiger partial charge is 0.490 e. The van der Waals surface area contributed by atoms with Gasteiger partial charge in [0.25, 0.3) is 0 Å². The molecule has 0 unspecified atom stereocenters. The van der Waals surface area contributed by atoms with E-state index in [1.807, 2.05) is 0 Å². The lowest BCUT2D eigenvalue weighted by Crippen LogP contribution is -2.11. The van der Waals surface area contributed by atoms with Crippen molar-refractivity contribution >= 4 is 15.8 Å². The van der Waals surface area contributed by atoms with Crippen LogP contribution in [0.2, 0.25) is 0 Å². The maximum Gasteiger partial charge on any atom is 0.339 e. The Balaban J connectivity index is 2.42. The smallest absolute Gasteiger partial charge is 0.339 e. The van der Waals surface area contributed by atoms with Crippen LogP contribution >= 0.6 is 0 Å². The first-order valence-electron chi connectivity index (χ1n) is 7.87. The van der Waals surface area contributed by atoms with Crippen LogP contribution in [-0.4, -0.2) is 26.6 Å². The molecule has 0 fully saturated rings. The molecule has 0 bridgehead atoms. The van der Waals surface area contributed by atoms with Gasteiger partial charge in [0, 0.05) is 12.1 Å². The van der Waals surface area contributed by atoms with Crippen LogP contribution in [0, 0.1) is 17.0 Å². The Labute approximate surface area is 151 Å². The molecular formula is C17H19NO7S. The number of aryl methyl sites for hydroxylation is 1. The Kier molecular flexibility index (Phi) is 6.04. The van der Waals surface area contributed by atoms with Crippen molar-refractivity contribution in [1.29, 1.82) is 0 Å². The van der Waals surface area contributed by atoms with E-state index in [-0.39, 0.29) is 16.4 Å². The highest BCUT2D eigenvalue weighted by atomic mass is 32.2. The second-order valence-corrected chi connectivity index (χ2v) is 6.79. The quantitative estimate of drug-likeness (QED) is 0.392. The number of benzene rings is 2. The van der Waals surface area contributed by atoms with Gasteiger partial charge in [0.05, 0.1) is 18.1 Å². The average Bonchev–Trinajstić information content (AvgIpc) is 2.58. The predicted molar refractivity (Wildman–Crippen MR) is 94.4 cm³/mol. The van der Waals surface area contributed by atoms with Crippen LogP contribution in [0.25, 0.3) is 0 Å². The summed E-state index contributed by atoms with van der Waals surface area (Å²) in [6, 6.07) is 8.04. The summed E-state index contributed by atoms with van der Waals surface area (Å²) in [6.07, 6.45) is 0. The summed E-state index contributed by atoms with van der Waals surface area (Å²) in [5.74, 6) is 0.291. The van der Waals surface area contributed by atoms with E-state index in [9.17, 15) is 18.5 Å². The van der Waals surface area contributed by atoms with E-state index in [4.69, 9.17) is 13.7 Å². The molecule has 0 N–H and O–H groups in total. The summed E-state index contributed by atoms with van der Waals surface area (Å²) in [5.41, 5.74) is 0.186. The van der Waals surface area contributed by atoms with Crippen molar-refractivity contribution in [2.24, 2.45) is 0 Å². The van der Waals surface area contributed by atoms with E-state index >= 15 is 0 Å². The summed E-state index contributed by atoms with van der Waals surface area (Å²) < 4.78 is 40.9. The normalized spacial score (nSPS) is 11.0. The summed E-state index contributed by atoms with van der Waals surface area (Å²) in [5, 5.41) is 11.1. The Bertz CT molecular complexity index is 909. The van der Waals surface area contributed by atoms with Crippen LogP contribution in [-0.2, 0) is 10.1 Å². The molecule has 9 heteroatoms. The van der Waals surface area contributed by atoms with Gasteiger partial charge in [-0.3, -0.25) is 10.1 Å². The van der Waals surface area contributed by atoms with Gasteiger partial charge in [-0.2, -0.15) is 8.42 Å². The third-order valence-electron chi connectivity index (χ3n) is 3.31. The first-order valence-corrected chi connectivity index (χ1v) is 9.28. The highest BCUT2D eigenvalue weighted by Gasteiger charge is 2.24. The molecule has 0 aliphatic rings. The molecule has 0 atom stereocenters. The fourth-order valence-electron chi connectivity index (χ4n) is 2.19. The Hall–Kier alpha value is -2.81. The van der Waals surface area contributed by atoms with E-state index in [1.54, 1.807) is 20.8 Å². The molecule has 0 radical (unpaired) electrons. The highest BCUT2D eigenvalue weighted by Crippen LogP contribution is 2.34. The monoisotopic (exact) mass is 381 g/mol. The van der Waals surface area contributed by atoms with Gasteiger partial charge in [-0.1, -0.05) is 6.07 Å². The van der Waals surface area contributed by atoms with Crippen LogP contribution in [0.3, 0.4) is 0 Å². The zero-order valence-electron chi connectivity index (χ0n) is 14.6. The van der Waals surface area contributed by atoms with Gasteiger partial charge >= 0.3 is 15.8 Å². The zero-order valence-corrected chi connectivity index (χ0v) is 15.4. The van der Waals surface area contributed by atoms with Crippen molar-refractivity contribution in [3.05, 3.63) is 52.1 Å². The molecule has 0 aliphatic heterocycles. The van der Waals surface area contributed by atoms with Gasteiger partial charge in [0.15, 0.2) is 11.5 Å². The number of hydrogen-bond donors (Lipinski definition) is 0. The number of nitrogens with zero attached hydrogens (tertiary/aromatic N) is 1. The van der Waals surface area contributed by atoms with Gasteiger partial charge < -0.3 is 13.7 Å². The SMILES string of the molecule is CCOc1ccc(S(=O)(=O)Oc2ccc(C)cc2[N+](=O)[O-])cc1OCC. The molecule has 0 spiro atoms. The highest BCUT2D eigenvalue weighted by molar-refractivity contribution is 7.87. The van der Waals surface area contributed by atoms with Gasteiger partial charge in [-0.25, -0.2) is 0 Å². The van der Waals surface area contributed by atoms with E-state index in [1.165, 1.54) is 36.4 Å². The molecule has 0 aromatic heterocycles. The maximum atomic E-state index is 12.5. The Morgan fingerprint density at radius 2 is 1.58 bits per heavy atom. The molecule has 0 aliphatic carbocycles. The maximum absolute atomic E-state index is 12.5. The first kappa shape index (κ1) is 19.5. The van der Waals surface area contributed by atoms with Crippen molar-refractivity contribution < 1.29 is 27.0 Å². The summed E-state index contributed by atoms with van der Waals surface area (Å²) in [6.45, 7) is 5.90. The average molecular weight is 381 g/mol. The molecule has 26 heavy (non-hydrogen) atoms. The molecule has 140 valence electrons. The molecule has 2 rings (SSSR count). The molecule has 2 aromatic carbocycles. The Morgan fingerprint density at radius 3 is 2.19 bits per heavy atom. The lowest BCUT2D eigenvalue weighted by molar-refractivity contribution is -0.385. The minimum Gasteiger partial charge on any atom is -0.490 e. The van der Waals surface area contributed by atoms with Crippen LogP contribution in [0.4, 0.5) is 5.69 Å². The lowest BCUT2D eigenvalue weighted by Gasteiger charge is -2.13. The predicted octanol–water partition coefficient (Wildman–Crippen LogP) is 3.47. The molecular weight excluding hydrogens is 362 g/mol. The summed E-state index contributed by atoms with van der Waals surface area (Å²) >= 11 is 0. The number of rotatable bonds is 8. The fourth-order valence-corrected chi connectivity index (χ4v) is 3.15. The second kappa shape index (κ2) is 8.05. The molecule has 0 heterocycles. The van der Waals surface area contributed by atoms with Gasteiger partial charge in [0.2, 0.25) is 5.75 Å². The van der Waals surface area contributed by atoms with E-state index < -0.39 is 20.7 Å². The van der Waals surface area contributed by atoms with Crippen molar-refractivity contribution in [2.75, 3.05) is 13.2 Å². The van der Waals surface area contributed by atoms with Crippen LogP contribution in [0.5, 0.6) is 17.2 Å². The van der Waals surface area contributed by atoms with E-state index in [0.717, 1.165) is 0 Å². The molecule has 0 amide bonds. The second-order valence-electron chi connectivity index (χ2n) is 5.24. The topological polar surface area (TPSA) is 105 Å². The van der Waals surface area contributed by atoms with Crippen molar-refractivity contribution in [3.63, 3.8) is 0 Å². The lowest BCUT2D eigenvalue weighted by atomic mass is 10.2. The minimum absolute atomic E-state index is 0.195. The number of hydrogen-bond acceptors (Lipinski definition) is 7. The molecule has 0 saturated heterocycles. The van der Waals surface area contributed by atoms with Crippen LogP contribution < -0.4 is 13.7 Å². The van der Waals surface area contributed by atoms with Crippen molar-refractivity contribution in [3.8, 4) is 17.2 Å². The van der Waals surface area contributed by atoms with E-state index in [0.29, 0.717) is 24.5 Å². The van der Waals surface area contributed by atoms with Crippen LogP contribution in [0.15, 0.2) is 41.3 Å². The van der Waals surface area contributed by atoms with Gasteiger partial charge in [0.1, 0.15) is 4.90 Å². The van der Waals surface area contributed by atoms with Crippen molar-refractivity contribution in [2.45, 2.75) is 25.7 Å². The fraction of sp³-hybridized carbons (Fsp3) is 0.294. The zero-order chi connectivity index (χ0) is 19.3. The molecule has 8 nitrogen and oxygen atoms in total. The number of nitro groups is 1. The third kappa shape index (κ3) is 4.42. The summed E-state index contributed by atoms with van der Waals surface area (Å²) in [7, 11) is -4.29. The van der Waals surface area contributed by atoms with Crippen molar-refractivity contribution in [1.82, 2.24) is 0 Å². The Morgan fingerprint density at radius 1 is 0.962 bits per heavy atom. The minimum atomic E-state index is -4.29. The van der Waals surface area contributed by atoms with Crippen LogP contribution in [0.1, 0.15) is 19.4 Å². The van der Waals surface area contributed by atoms with E-state index in [2.05, 4.69) is 0 Å². The number of ether oxygens (including phenoxy) is 2. The summed E-state index contributed by atoms with van der Waals surface area (Å²) in [4.78, 5) is 10.3.